The Morgan fingerprint density at radius 1 is 1.00 bits per heavy atom. The van der Waals surface area contributed by atoms with Gasteiger partial charge in [0.1, 0.15) is 11.6 Å². The number of aromatic nitrogens is 2. The summed E-state index contributed by atoms with van der Waals surface area (Å²) in [5.74, 6) is 0.181. The van der Waals surface area contributed by atoms with Crippen LogP contribution < -0.4 is 11.0 Å². The van der Waals surface area contributed by atoms with Crippen LogP contribution in [-0.4, -0.2) is 16.2 Å². The van der Waals surface area contributed by atoms with E-state index in [1.165, 1.54) is 27.8 Å². The van der Waals surface area contributed by atoms with Crippen LogP contribution in [0.1, 0.15) is 38.9 Å². The SMILES string of the molecule is Cc1c(C)c(C)c(C=NNc2nc(-c3ccccc3)c(C#N)c(=O)[nH]2)c(C)c1C. The molecule has 0 aliphatic carbocycles. The van der Waals surface area contributed by atoms with Crippen molar-refractivity contribution in [2.24, 2.45) is 5.10 Å². The second-order valence-electron chi connectivity index (χ2n) is 7.02. The van der Waals surface area contributed by atoms with Crippen LogP contribution in [0, 0.1) is 45.9 Å². The zero-order valence-electron chi connectivity index (χ0n) is 17.2. The molecule has 0 amide bonds. The highest BCUT2D eigenvalue weighted by molar-refractivity contribution is 5.85. The third kappa shape index (κ3) is 3.81. The van der Waals surface area contributed by atoms with Gasteiger partial charge in [0, 0.05) is 11.1 Å². The molecule has 2 N–H and O–H groups in total. The van der Waals surface area contributed by atoms with Crippen LogP contribution in [0.3, 0.4) is 0 Å². The van der Waals surface area contributed by atoms with Crippen molar-refractivity contribution in [2.75, 3.05) is 5.43 Å². The van der Waals surface area contributed by atoms with Crippen molar-refractivity contribution in [3.8, 4) is 17.3 Å². The number of rotatable bonds is 4. The first-order chi connectivity index (χ1) is 13.8. The number of hydrogen-bond donors (Lipinski definition) is 2. The Morgan fingerprint density at radius 3 is 2.17 bits per heavy atom. The predicted octanol–water partition coefficient (Wildman–Crippen LogP) is 4.30. The average molecular weight is 385 g/mol. The number of hydrazone groups is 1. The highest BCUT2D eigenvalue weighted by atomic mass is 16.1. The van der Waals surface area contributed by atoms with Crippen LogP contribution in [0.2, 0.25) is 0 Å². The first-order valence-electron chi connectivity index (χ1n) is 9.31. The van der Waals surface area contributed by atoms with Gasteiger partial charge in [-0.2, -0.15) is 10.4 Å². The maximum absolute atomic E-state index is 12.3. The van der Waals surface area contributed by atoms with E-state index in [9.17, 15) is 10.1 Å². The Hall–Kier alpha value is -3.72. The van der Waals surface area contributed by atoms with Gasteiger partial charge >= 0.3 is 0 Å². The standard InChI is InChI=1S/C23H23N5O/c1-13-14(2)16(4)20(17(5)15(13)3)12-25-28-23-26-21(18-9-7-6-8-10-18)19(11-24)22(29)27-23/h6-10,12H,1-5H3,(H2,26,27,28,29). The Morgan fingerprint density at radius 2 is 1.59 bits per heavy atom. The molecule has 1 heterocycles. The minimum absolute atomic E-state index is 0.0257. The molecule has 0 aliphatic rings. The first kappa shape index (κ1) is 20.0. The van der Waals surface area contributed by atoms with Crippen LogP contribution in [-0.2, 0) is 0 Å². The zero-order valence-corrected chi connectivity index (χ0v) is 17.2. The normalized spacial score (nSPS) is 10.9. The molecule has 0 aliphatic heterocycles. The van der Waals surface area contributed by atoms with Crippen molar-refractivity contribution in [3.63, 3.8) is 0 Å². The molecule has 2 aromatic carbocycles. The van der Waals surface area contributed by atoms with Crippen molar-refractivity contribution in [1.29, 1.82) is 5.26 Å². The van der Waals surface area contributed by atoms with E-state index in [1.807, 2.05) is 24.3 Å². The van der Waals surface area contributed by atoms with Crippen molar-refractivity contribution in [1.82, 2.24) is 9.97 Å². The summed E-state index contributed by atoms with van der Waals surface area (Å²) in [6, 6.07) is 11.1. The molecule has 0 unspecified atom stereocenters. The van der Waals surface area contributed by atoms with Crippen LogP contribution in [0.5, 0.6) is 0 Å². The number of H-pyrrole nitrogens is 1. The van der Waals surface area contributed by atoms with Crippen LogP contribution in [0.4, 0.5) is 5.95 Å². The Labute approximate surface area is 170 Å². The maximum atomic E-state index is 12.3. The van der Waals surface area contributed by atoms with E-state index in [0.29, 0.717) is 11.3 Å². The molecule has 0 atom stereocenters. The molecule has 146 valence electrons. The van der Waals surface area contributed by atoms with E-state index in [2.05, 4.69) is 55.1 Å². The van der Waals surface area contributed by atoms with Gasteiger partial charge in [0.05, 0.1) is 11.9 Å². The summed E-state index contributed by atoms with van der Waals surface area (Å²) in [5.41, 5.74) is 10.4. The molecule has 29 heavy (non-hydrogen) atoms. The zero-order chi connectivity index (χ0) is 21.1. The highest BCUT2D eigenvalue weighted by Crippen LogP contribution is 2.25. The number of hydrogen-bond acceptors (Lipinski definition) is 5. The second kappa shape index (κ2) is 8.11. The lowest BCUT2D eigenvalue weighted by atomic mass is 9.90. The van der Waals surface area contributed by atoms with Crippen LogP contribution in [0.15, 0.2) is 40.2 Å². The van der Waals surface area contributed by atoms with E-state index < -0.39 is 5.56 Å². The number of nitrogens with zero attached hydrogens (tertiary/aromatic N) is 3. The molecular formula is C23H23N5O. The molecule has 0 saturated heterocycles. The molecule has 3 aromatic rings. The Kier molecular flexibility index (Phi) is 5.60. The van der Waals surface area contributed by atoms with Crippen LogP contribution >= 0.6 is 0 Å². The van der Waals surface area contributed by atoms with Gasteiger partial charge in [-0.15, -0.1) is 0 Å². The lowest BCUT2D eigenvalue weighted by Gasteiger charge is -2.16. The molecule has 1 aromatic heterocycles. The number of anilines is 1. The van der Waals surface area contributed by atoms with Gasteiger partial charge in [0.15, 0.2) is 0 Å². The van der Waals surface area contributed by atoms with E-state index >= 15 is 0 Å². The van der Waals surface area contributed by atoms with Gasteiger partial charge < -0.3 is 0 Å². The van der Waals surface area contributed by atoms with E-state index in [-0.39, 0.29) is 11.5 Å². The molecule has 6 heteroatoms. The van der Waals surface area contributed by atoms with Gasteiger partial charge in [-0.3, -0.25) is 9.78 Å². The fourth-order valence-electron chi connectivity index (χ4n) is 3.32. The van der Waals surface area contributed by atoms with Gasteiger partial charge in [0.25, 0.3) is 5.56 Å². The van der Waals surface area contributed by atoms with Gasteiger partial charge in [-0.25, -0.2) is 10.4 Å². The Balaban J connectivity index is 1.98. The summed E-state index contributed by atoms with van der Waals surface area (Å²) in [5, 5.41) is 13.6. The van der Waals surface area contributed by atoms with E-state index in [1.54, 1.807) is 18.3 Å². The number of nitrogens with one attached hydrogen (secondary N) is 2. The van der Waals surface area contributed by atoms with E-state index in [0.717, 1.165) is 5.56 Å². The van der Waals surface area contributed by atoms with Crippen molar-refractivity contribution < 1.29 is 0 Å². The van der Waals surface area contributed by atoms with E-state index in [4.69, 9.17) is 0 Å². The fraction of sp³-hybridized carbons (Fsp3) is 0.217. The number of nitriles is 1. The molecule has 3 rings (SSSR count). The van der Waals surface area contributed by atoms with Crippen LogP contribution in [0.25, 0.3) is 11.3 Å². The fourth-order valence-corrected chi connectivity index (χ4v) is 3.32. The topological polar surface area (TPSA) is 93.9 Å². The lowest BCUT2D eigenvalue weighted by Crippen LogP contribution is -2.16. The molecule has 6 nitrogen and oxygen atoms in total. The molecule has 0 fully saturated rings. The molecule has 0 saturated carbocycles. The Bertz CT molecular complexity index is 1170. The third-order valence-corrected chi connectivity index (χ3v) is 5.50. The first-order valence-corrected chi connectivity index (χ1v) is 9.31. The summed E-state index contributed by atoms with van der Waals surface area (Å²) in [6.45, 7) is 10.5. The summed E-state index contributed by atoms with van der Waals surface area (Å²) >= 11 is 0. The highest BCUT2D eigenvalue weighted by Gasteiger charge is 2.13. The maximum Gasteiger partial charge on any atom is 0.270 e. The predicted molar refractivity (Wildman–Crippen MR) is 116 cm³/mol. The van der Waals surface area contributed by atoms with Crippen molar-refractivity contribution in [2.45, 2.75) is 34.6 Å². The van der Waals surface area contributed by atoms with Crippen molar-refractivity contribution in [3.05, 3.63) is 79.6 Å². The third-order valence-electron chi connectivity index (χ3n) is 5.50. The molecular weight excluding hydrogens is 362 g/mol. The molecule has 0 bridgehead atoms. The minimum Gasteiger partial charge on any atom is -0.290 e. The van der Waals surface area contributed by atoms with Crippen molar-refractivity contribution >= 4 is 12.2 Å². The summed E-state index contributed by atoms with van der Waals surface area (Å²) in [6.07, 6.45) is 1.74. The van der Waals surface area contributed by atoms with Gasteiger partial charge in [-0.05, 0) is 62.4 Å². The molecule has 0 radical (unpaired) electrons. The van der Waals surface area contributed by atoms with Gasteiger partial charge in [-0.1, -0.05) is 30.3 Å². The summed E-state index contributed by atoms with van der Waals surface area (Å²) < 4.78 is 0. The molecule has 0 spiro atoms. The summed E-state index contributed by atoms with van der Waals surface area (Å²) in [4.78, 5) is 19.3. The lowest BCUT2D eigenvalue weighted by molar-refractivity contribution is 1.07. The monoisotopic (exact) mass is 385 g/mol. The quantitative estimate of drug-likeness (QED) is 0.517. The number of aromatic amines is 1. The minimum atomic E-state index is -0.506. The smallest absolute Gasteiger partial charge is 0.270 e. The van der Waals surface area contributed by atoms with Gasteiger partial charge in [0.2, 0.25) is 5.95 Å². The largest absolute Gasteiger partial charge is 0.290 e. The summed E-state index contributed by atoms with van der Waals surface area (Å²) in [7, 11) is 0. The second-order valence-corrected chi connectivity index (χ2v) is 7.02. The average Bonchev–Trinajstić information content (AvgIpc) is 2.73. The number of benzene rings is 2.